The van der Waals surface area contributed by atoms with E-state index in [0.29, 0.717) is 10.9 Å². The van der Waals surface area contributed by atoms with Gasteiger partial charge in [0, 0.05) is 23.2 Å². The number of para-hydroxylation sites is 2. The molecule has 0 aliphatic rings. The summed E-state index contributed by atoms with van der Waals surface area (Å²) in [4.78, 5) is 4.50. The Morgan fingerprint density at radius 2 is 1.86 bits per heavy atom. The Morgan fingerprint density at radius 1 is 1.07 bits per heavy atom. The Balaban J connectivity index is 1.63. The lowest BCUT2D eigenvalue weighted by molar-refractivity contribution is 0.416. The summed E-state index contributed by atoms with van der Waals surface area (Å²) in [6.07, 6.45) is 0. The number of hydrogen-bond acceptors (Lipinski definition) is 5. The summed E-state index contributed by atoms with van der Waals surface area (Å²) < 4.78 is 7.57. The van der Waals surface area contributed by atoms with Crippen LogP contribution in [0.25, 0.3) is 22.3 Å². The number of methoxy groups -OCH3 is 1. The molecule has 5 nitrogen and oxygen atoms in total. The fraction of sp³-hybridized carbons (Fsp3) is 0.190. The molecule has 0 radical (unpaired) electrons. The van der Waals surface area contributed by atoms with Crippen molar-refractivity contribution in [1.29, 1.82) is 0 Å². The highest BCUT2D eigenvalue weighted by atomic mass is 35.5. The second kappa shape index (κ2) is 8.20. The smallest absolute Gasteiger partial charge is 0.191 e. The van der Waals surface area contributed by atoms with Gasteiger partial charge in [-0.1, -0.05) is 53.7 Å². The molecule has 0 spiro atoms. The molecule has 4 rings (SSSR count). The van der Waals surface area contributed by atoms with Crippen LogP contribution in [-0.4, -0.2) is 26.9 Å². The van der Waals surface area contributed by atoms with Crippen molar-refractivity contribution < 1.29 is 4.74 Å². The number of hydrogen-bond donors (Lipinski definition) is 0. The predicted molar refractivity (Wildman–Crippen MR) is 114 cm³/mol. The Bertz CT molecular complexity index is 1130. The number of pyridine rings is 1. The molecular weight excluding hydrogens is 392 g/mol. The van der Waals surface area contributed by atoms with E-state index in [1.165, 1.54) is 0 Å². The summed E-state index contributed by atoms with van der Waals surface area (Å²) in [6, 6.07) is 17.9. The predicted octanol–water partition coefficient (Wildman–Crippen LogP) is 5.47. The number of thioether (sulfide) groups is 1. The highest BCUT2D eigenvalue weighted by molar-refractivity contribution is 7.98. The van der Waals surface area contributed by atoms with E-state index in [-0.39, 0.29) is 0 Å². The maximum absolute atomic E-state index is 6.40. The first-order valence-electron chi connectivity index (χ1n) is 8.94. The van der Waals surface area contributed by atoms with Gasteiger partial charge in [-0.05, 0) is 31.2 Å². The molecule has 142 valence electrons. The third kappa shape index (κ3) is 3.57. The average molecular weight is 411 g/mol. The molecule has 0 saturated carbocycles. The van der Waals surface area contributed by atoms with E-state index in [2.05, 4.69) is 32.7 Å². The molecule has 0 unspecified atom stereocenters. The van der Waals surface area contributed by atoms with Gasteiger partial charge in [-0.25, -0.2) is 4.98 Å². The molecule has 0 atom stereocenters. The average Bonchev–Trinajstić information content (AvgIpc) is 3.14. The molecule has 0 bridgehead atoms. The van der Waals surface area contributed by atoms with Crippen molar-refractivity contribution in [3.63, 3.8) is 0 Å². The first kappa shape index (κ1) is 18.8. The van der Waals surface area contributed by atoms with Gasteiger partial charge >= 0.3 is 0 Å². The third-order valence-electron chi connectivity index (χ3n) is 4.49. The maximum atomic E-state index is 6.40. The van der Waals surface area contributed by atoms with Gasteiger partial charge in [-0.2, -0.15) is 0 Å². The van der Waals surface area contributed by atoms with Crippen LogP contribution in [0.3, 0.4) is 0 Å². The van der Waals surface area contributed by atoms with Gasteiger partial charge in [-0.3, -0.25) is 0 Å². The van der Waals surface area contributed by atoms with Gasteiger partial charge < -0.3 is 9.30 Å². The Labute approximate surface area is 172 Å². The topological polar surface area (TPSA) is 52.8 Å². The summed E-state index contributed by atoms with van der Waals surface area (Å²) in [7, 11) is 1.66. The zero-order chi connectivity index (χ0) is 19.5. The van der Waals surface area contributed by atoms with E-state index in [4.69, 9.17) is 16.3 Å². The monoisotopic (exact) mass is 410 g/mol. The van der Waals surface area contributed by atoms with E-state index < -0.39 is 0 Å². The van der Waals surface area contributed by atoms with Gasteiger partial charge in [-0.15, -0.1) is 10.2 Å². The van der Waals surface area contributed by atoms with Crippen LogP contribution >= 0.6 is 23.4 Å². The summed E-state index contributed by atoms with van der Waals surface area (Å²) in [6.45, 7) is 2.84. The fourth-order valence-electron chi connectivity index (χ4n) is 3.09. The van der Waals surface area contributed by atoms with Crippen LogP contribution in [0.4, 0.5) is 0 Å². The van der Waals surface area contributed by atoms with E-state index >= 15 is 0 Å². The van der Waals surface area contributed by atoms with E-state index in [1.54, 1.807) is 18.9 Å². The highest BCUT2D eigenvalue weighted by Crippen LogP contribution is 2.32. The zero-order valence-electron chi connectivity index (χ0n) is 15.6. The van der Waals surface area contributed by atoms with Crippen LogP contribution in [0.5, 0.6) is 5.75 Å². The van der Waals surface area contributed by atoms with Crippen molar-refractivity contribution in [2.75, 3.05) is 7.11 Å². The van der Waals surface area contributed by atoms with Gasteiger partial charge in [0.15, 0.2) is 11.0 Å². The molecule has 2 aromatic heterocycles. The van der Waals surface area contributed by atoms with Gasteiger partial charge in [0.2, 0.25) is 0 Å². The summed E-state index contributed by atoms with van der Waals surface area (Å²) in [5.74, 6) is 2.24. The molecule has 0 aliphatic carbocycles. The molecule has 7 heteroatoms. The Kier molecular flexibility index (Phi) is 5.50. The Morgan fingerprint density at radius 3 is 2.68 bits per heavy atom. The molecule has 28 heavy (non-hydrogen) atoms. The minimum atomic E-state index is 0.527. The number of rotatable bonds is 6. The van der Waals surface area contributed by atoms with Crippen molar-refractivity contribution in [2.24, 2.45) is 0 Å². The highest BCUT2D eigenvalue weighted by Gasteiger charge is 2.17. The fourth-order valence-corrected chi connectivity index (χ4v) is 4.36. The molecular formula is C21H19ClN4OS. The number of ether oxygens (including phenoxy) is 1. The summed E-state index contributed by atoms with van der Waals surface area (Å²) in [5.41, 5.74) is 2.81. The largest absolute Gasteiger partial charge is 0.496 e. The van der Waals surface area contributed by atoms with Crippen molar-refractivity contribution in [2.45, 2.75) is 24.4 Å². The zero-order valence-corrected chi connectivity index (χ0v) is 17.2. The molecule has 0 saturated heterocycles. The second-order valence-corrected chi connectivity index (χ2v) is 7.47. The summed E-state index contributed by atoms with van der Waals surface area (Å²) in [5, 5.41) is 11.3. The Hall–Kier alpha value is -2.57. The first-order valence-corrected chi connectivity index (χ1v) is 10.3. The second-order valence-electron chi connectivity index (χ2n) is 6.17. The third-order valence-corrected chi connectivity index (χ3v) is 5.83. The summed E-state index contributed by atoms with van der Waals surface area (Å²) >= 11 is 8.00. The standard InChI is InChI=1S/C21H19ClN4OS/c1-3-26-20(16-9-5-7-11-18(16)27-2)24-25-21(26)28-13-15-12-14-8-4-6-10-17(14)23-19(15)22/h4-12H,3,13H2,1-2H3. The number of nitrogens with zero attached hydrogens (tertiary/aromatic N) is 4. The van der Waals surface area contributed by atoms with Crippen LogP contribution in [0.1, 0.15) is 12.5 Å². The van der Waals surface area contributed by atoms with Crippen LogP contribution in [0, 0.1) is 0 Å². The van der Waals surface area contributed by atoms with Crippen LogP contribution < -0.4 is 4.74 Å². The SMILES string of the molecule is CCn1c(SCc2cc3ccccc3nc2Cl)nnc1-c1ccccc1OC. The molecule has 0 fully saturated rings. The van der Waals surface area contributed by atoms with Crippen molar-refractivity contribution in [1.82, 2.24) is 19.7 Å². The van der Waals surface area contributed by atoms with Gasteiger partial charge in [0.25, 0.3) is 0 Å². The van der Waals surface area contributed by atoms with Gasteiger partial charge in [0.1, 0.15) is 10.9 Å². The van der Waals surface area contributed by atoms with E-state index in [0.717, 1.165) is 45.3 Å². The van der Waals surface area contributed by atoms with Gasteiger partial charge in [0.05, 0.1) is 18.2 Å². The number of halogens is 1. The minimum Gasteiger partial charge on any atom is -0.496 e. The van der Waals surface area contributed by atoms with E-state index in [9.17, 15) is 0 Å². The number of fused-ring (bicyclic) bond motifs is 1. The minimum absolute atomic E-state index is 0.527. The lowest BCUT2D eigenvalue weighted by Gasteiger charge is -2.10. The maximum Gasteiger partial charge on any atom is 0.191 e. The molecule has 2 heterocycles. The molecule has 0 amide bonds. The van der Waals surface area contributed by atoms with Crippen molar-refractivity contribution in [3.8, 4) is 17.1 Å². The number of aromatic nitrogens is 4. The first-order chi connectivity index (χ1) is 13.7. The molecule has 2 aromatic carbocycles. The van der Waals surface area contributed by atoms with Crippen LogP contribution in [0.2, 0.25) is 5.15 Å². The van der Waals surface area contributed by atoms with Crippen molar-refractivity contribution >= 4 is 34.3 Å². The van der Waals surface area contributed by atoms with Crippen molar-refractivity contribution in [3.05, 3.63) is 65.3 Å². The molecule has 0 N–H and O–H groups in total. The quantitative estimate of drug-likeness (QED) is 0.311. The normalized spacial score (nSPS) is 11.1. The van der Waals surface area contributed by atoms with Crippen LogP contribution in [0.15, 0.2) is 59.8 Å². The molecule has 4 aromatic rings. The van der Waals surface area contributed by atoms with E-state index in [1.807, 2.05) is 48.5 Å². The molecule has 0 aliphatic heterocycles. The lowest BCUT2D eigenvalue weighted by atomic mass is 10.2. The number of benzene rings is 2. The lowest BCUT2D eigenvalue weighted by Crippen LogP contribution is -2.01. The van der Waals surface area contributed by atoms with Crippen LogP contribution in [-0.2, 0) is 12.3 Å².